The van der Waals surface area contributed by atoms with Gasteiger partial charge in [-0.3, -0.25) is 0 Å². The number of halogens is 2. The predicted octanol–water partition coefficient (Wildman–Crippen LogP) is 4.42. The number of alkyl halides is 1. The third-order valence-corrected chi connectivity index (χ3v) is 3.74. The van der Waals surface area contributed by atoms with E-state index >= 15 is 0 Å². The van der Waals surface area contributed by atoms with E-state index in [1.54, 1.807) is 19.3 Å². The summed E-state index contributed by atoms with van der Waals surface area (Å²) in [5, 5.41) is 0. The smallest absolute Gasteiger partial charge is 0.128 e. The van der Waals surface area contributed by atoms with Gasteiger partial charge in [0.2, 0.25) is 0 Å². The molecule has 0 saturated carbocycles. The van der Waals surface area contributed by atoms with Crippen molar-refractivity contribution in [3.8, 4) is 0 Å². The molecular weight excluding hydrogens is 279 g/mol. The van der Waals surface area contributed by atoms with Crippen molar-refractivity contribution < 1.29 is 8.81 Å². The first-order chi connectivity index (χ1) is 9.61. The molecule has 1 aromatic carbocycles. The quantitative estimate of drug-likeness (QED) is 0.669. The minimum atomic E-state index is -0.256. The lowest BCUT2D eigenvalue weighted by atomic mass is 10.2. The zero-order valence-electron chi connectivity index (χ0n) is 11.2. The highest BCUT2D eigenvalue weighted by Crippen LogP contribution is 2.28. The zero-order valence-corrected chi connectivity index (χ0v) is 12.0. The first kappa shape index (κ1) is 13.2. The van der Waals surface area contributed by atoms with Crippen LogP contribution in [-0.4, -0.2) is 9.55 Å². The molecule has 0 aliphatic rings. The van der Waals surface area contributed by atoms with E-state index in [2.05, 4.69) is 4.98 Å². The van der Waals surface area contributed by atoms with Crippen LogP contribution in [0.25, 0.3) is 11.0 Å². The molecule has 3 rings (SSSR count). The summed E-state index contributed by atoms with van der Waals surface area (Å²) in [6.07, 6.45) is 1.64. The Labute approximate surface area is 121 Å². The number of aryl methyl sites for hydroxylation is 1. The van der Waals surface area contributed by atoms with Gasteiger partial charge in [-0.15, -0.1) is 11.6 Å². The van der Waals surface area contributed by atoms with Gasteiger partial charge >= 0.3 is 0 Å². The predicted molar refractivity (Wildman–Crippen MR) is 76.5 cm³/mol. The Kier molecular flexibility index (Phi) is 3.26. The summed E-state index contributed by atoms with van der Waals surface area (Å²) in [5.74, 6) is 1.53. The number of rotatable bonds is 3. The van der Waals surface area contributed by atoms with Crippen molar-refractivity contribution in [2.45, 2.75) is 25.8 Å². The number of nitrogens with zero attached hydrogens (tertiary/aromatic N) is 2. The Morgan fingerprint density at radius 1 is 1.45 bits per heavy atom. The van der Waals surface area contributed by atoms with Crippen LogP contribution in [-0.2, 0) is 5.88 Å². The number of hydrogen-bond acceptors (Lipinski definition) is 2. The molecule has 0 amide bonds. The highest BCUT2D eigenvalue weighted by Gasteiger charge is 2.19. The highest BCUT2D eigenvalue weighted by atomic mass is 35.5. The van der Waals surface area contributed by atoms with Gasteiger partial charge in [0.25, 0.3) is 0 Å². The van der Waals surface area contributed by atoms with Gasteiger partial charge in [-0.25, -0.2) is 9.37 Å². The lowest BCUT2D eigenvalue weighted by molar-refractivity contribution is 0.446. The molecule has 0 radical (unpaired) electrons. The molecular formula is C15H14ClFN2O. The van der Waals surface area contributed by atoms with Crippen molar-refractivity contribution in [2.24, 2.45) is 0 Å². The molecule has 0 spiro atoms. The molecule has 0 fully saturated rings. The molecule has 1 unspecified atom stereocenters. The summed E-state index contributed by atoms with van der Waals surface area (Å²) in [5.41, 5.74) is 2.07. The lowest BCUT2D eigenvalue weighted by Gasteiger charge is -2.15. The van der Waals surface area contributed by atoms with E-state index in [1.807, 2.05) is 23.6 Å². The fourth-order valence-electron chi connectivity index (χ4n) is 2.45. The maximum Gasteiger partial charge on any atom is 0.128 e. The Morgan fingerprint density at radius 2 is 2.25 bits per heavy atom. The van der Waals surface area contributed by atoms with Gasteiger partial charge in [0.1, 0.15) is 17.4 Å². The number of aromatic nitrogens is 2. The molecule has 0 aliphatic carbocycles. The second-order valence-corrected chi connectivity index (χ2v) is 5.08. The molecule has 2 heterocycles. The molecule has 0 bridgehead atoms. The first-order valence-electron chi connectivity index (χ1n) is 6.38. The molecule has 2 aromatic heterocycles. The zero-order chi connectivity index (χ0) is 14.3. The fourth-order valence-corrected chi connectivity index (χ4v) is 2.64. The summed E-state index contributed by atoms with van der Waals surface area (Å²) in [6, 6.07) is 6.95. The van der Waals surface area contributed by atoms with E-state index in [-0.39, 0.29) is 17.7 Å². The standard InChI is InChI=1S/C15H14ClFN2O/c1-9-6-13-12(7-11(9)17)18-15(8-16)19(13)10(2)14-4-3-5-20-14/h3-7,10H,8H2,1-2H3. The molecule has 3 nitrogen and oxygen atoms in total. The number of furan rings is 1. The summed E-state index contributed by atoms with van der Waals surface area (Å²) >= 11 is 5.98. The van der Waals surface area contributed by atoms with Crippen molar-refractivity contribution in [1.82, 2.24) is 9.55 Å². The molecule has 1 atom stereocenters. The van der Waals surface area contributed by atoms with Crippen LogP contribution in [0.5, 0.6) is 0 Å². The normalized spacial score (nSPS) is 13.0. The number of hydrogen-bond donors (Lipinski definition) is 0. The largest absolute Gasteiger partial charge is 0.467 e. The topological polar surface area (TPSA) is 31.0 Å². The van der Waals surface area contributed by atoms with Gasteiger partial charge in [0.15, 0.2) is 0 Å². The summed E-state index contributed by atoms with van der Waals surface area (Å²) in [4.78, 5) is 4.41. The second-order valence-electron chi connectivity index (χ2n) is 4.81. The first-order valence-corrected chi connectivity index (χ1v) is 6.91. The van der Waals surface area contributed by atoms with E-state index in [9.17, 15) is 4.39 Å². The highest BCUT2D eigenvalue weighted by molar-refractivity contribution is 6.16. The number of benzene rings is 1. The van der Waals surface area contributed by atoms with Crippen LogP contribution in [0.3, 0.4) is 0 Å². The van der Waals surface area contributed by atoms with Gasteiger partial charge in [0.05, 0.1) is 29.2 Å². The molecule has 5 heteroatoms. The summed E-state index contributed by atoms with van der Waals surface area (Å²) in [7, 11) is 0. The molecule has 0 aliphatic heterocycles. The van der Waals surface area contributed by atoms with Gasteiger partial charge in [-0.05, 0) is 37.6 Å². The lowest BCUT2D eigenvalue weighted by Crippen LogP contribution is -2.09. The van der Waals surface area contributed by atoms with Crippen LogP contribution in [0.2, 0.25) is 0 Å². The van der Waals surface area contributed by atoms with Crippen molar-refractivity contribution in [3.05, 3.63) is 53.5 Å². The van der Waals surface area contributed by atoms with Crippen LogP contribution in [0, 0.1) is 12.7 Å². The third kappa shape index (κ3) is 2.00. The minimum absolute atomic E-state index is 0.0476. The van der Waals surface area contributed by atoms with E-state index in [4.69, 9.17) is 16.0 Å². The number of imidazole rings is 1. The maximum absolute atomic E-state index is 13.7. The van der Waals surface area contributed by atoms with Crippen LogP contribution in [0.4, 0.5) is 4.39 Å². The van der Waals surface area contributed by atoms with Crippen molar-refractivity contribution in [2.75, 3.05) is 0 Å². The number of fused-ring (bicyclic) bond motifs is 1. The van der Waals surface area contributed by atoms with E-state index in [0.717, 1.165) is 11.3 Å². The maximum atomic E-state index is 13.7. The fraction of sp³-hybridized carbons (Fsp3) is 0.267. The van der Waals surface area contributed by atoms with E-state index in [0.29, 0.717) is 16.9 Å². The molecule has 20 heavy (non-hydrogen) atoms. The average Bonchev–Trinajstić information content (AvgIpc) is 3.06. The van der Waals surface area contributed by atoms with Crippen LogP contribution in [0.1, 0.15) is 30.1 Å². The third-order valence-electron chi connectivity index (χ3n) is 3.50. The van der Waals surface area contributed by atoms with E-state index in [1.165, 1.54) is 6.07 Å². The SMILES string of the molecule is Cc1cc2c(cc1F)nc(CCl)n2C(C)c1ccco1. The Balaban J connectivity index is 2.25. The van der Waals surface area contributed by atoms with Crippen LogP contribution < -0.4 is 0 Å². The second kappa shape index (κ2) is 4.94. The van der Waals surface area contributed by atoms with Gasteiger partial charge in [0, 0.05) is 6.07 Å². The van der Waals surface area contributed by atoms with Gasteiger partial charge in [-0.2, -0.15) is 0 Å². The van der Waals surface area contributed by atoms with Crippen molar-refractivity contribution in [1.29, 1.82) is 0 Å². The van der Waals surface area contributed by atoms with Gasteiger partial charge in [-0.1, -0.05) is 0 Å². The Hall–Kier alpha value is -1.81. The Bertz CT molecular complexity index is 749. The van der Waals surface area contributed by atoms with Crippen LogP contribution >= 0.6 is 11.6 Å². The monoisotopic (exact) mass is 292 g/mol. The van der Waals surface area contributed by atoms with Crippen LogP contribution in [0.15, 0.2) is 34.9 Å². The molecule has 0 N–H and O–H groups in total. The van der Waals surface area contributed by atoms with Gasteiger partial charge < -0.3 is 8.98 Å². The molecule has 104 valence electrons. The minimum Gasteiger partial charge on any atom is -0.467 e. The molecule has 3 aromatic rings. The average molecular weight is 293 g/mol. The van der Waals surface area contributed by atoms with E-state index < -0.39 is 0 Å². The van der Waals surface area contributed by atoms with Crippen molar-refractivity contribution in [3.63, 3.8) is 0 Å². The molecule has 0 saturated heterocycles. The summed E-state index contributed by atoms with van der Waals surface area (Å²) in [6.45, 7) is 3.75. The Morgan fingerprint density at radius 3 is 2.90 bits per heavy atom. The summed E-state index contributed by atoms with van der Waals surface area (Å²) < 4.78 is 21.1. The van der Waals surface area contributed by atoms with Crippen molar-refractivity contribution >= 4 is 22.6 Å².